The Morgan fingerprint density at radius 2 is 1.81 bits per heavy atom. The summed E-state index contributed by atoms with van der Waals surface area (Å²) in [6, 6.07) is 14.0. The molecule has 0 aliphatic carbocycles. The number of rotatable bonds is 5. The quantitative estimate of drug-likeness (QED) is 0.266. The Hall–Kier alpha value is -0.580. The fourth-order valence-electron chi connectivity index (χ4n) is 2.48. The van der Waals surface area contributed by atoms with Crippen LogP contribution in [0.15, 0.2) is 53.4 Å². The van der Waals surface area contributed by atoms with E-state index in [1.807, 2.05) is 30.3 Å². The Morgan fingerprint density at radius 3 is 2.42 bits per heavy atom. The molecule has 1 aromatic heterocycles. The Balaban J connectivity index is 0.00000243. The normalized spacial score (nSPS) is 11.0. The Kier molecular flexibility index (Phi) is 7.58. The van der Waals surface area contributed by atoms with Crippen LogP contribution in [0, 0.1) is 3.82 Å². The summed E-state index contributed by atoms with van der Waals surface area (Å²) in [7, 11) is 0.0715. The third kappa shape index (κ3) is 4.82. The van der Waals surface area contributed by atoms with Gasteiger partial charge >= 0.3 is 29.6 Å². The molecule has 3 rings (SSSR count). The third-order valence-corrected chi connectivity index (χ3v) is 7.69. The topological polar surface area (TPSA) is 66.4 Å². The summed E-state index contributed by atoms with van der Waals surface area (Å²) in [5.41, 5.74) is 2.62. The molecule has 0 saturated heterocycles. The molecule has 0 atom stereocenters. The fourth-order valence-corrected chi connectivity index (χ4v) is 5.92. The minimum Gasteiger partial charge on any atom is -0.744 e. The van der Waals surface area contributed by atoms with Gasteiger partial charge in [0.05, 0.1) is 16.9 Å². The maximum atomic E-state index is 11.3. The molecule has 9 heteroatoms. The second kappa shape index (κ2) is 9.07. The van der Waals surface area contributed by atoms with Crippen molar-refractivity contribution in [2.75, 3.05) is 7.11 Å². The average Bonchev–Trinajstić information content (AvgIpc) is 2.95. The molecule has 0 unspecified atom stereocenters. The number of hydrogen-bond donors (Lipinski definition) is 0. The van der Waals surface area contributed by atoms with Crippen LogP contribution in [0.2, 0.25) is 0 Å². The number of hydrogen-bond acceptors (Lipinski definition) is 7. The van der Waals surface area contributed by atoms with Crippen LogP contribution in [0.4, 0.5) is 0 Å². The zero-order valence-electron chi connectivity index (χ0n) is 14.1. The second-order valence-electron chi connectivity index (χ2n) is 5.23. The number of benzene rings is 2. The standard InChI is InChI=1S/C17H14O4S4.Na/c1-21-15-8-7-13(25(18,19)20)9-12(15)10-14-16(23-24-17(14)22)11-5-3-2-4-6-11;/h2-9H,10H2,1H3,(H,18,19,20);/q;+1/p-1. The molecule has 0 bridgehead atoms. The molecular weight excluding hydrogens is 419 g/mol. The molecule has 0 radical (unpaired) electrons. The third-order valence-electron chi connectivity index (χ3n) is 3.66. The average molecular weight is 433 g/mol. The predicted molar refractivity (Wildman–Crippen MR) is 102 cm³/mol. The van der Waals surface area contributed by atoms with Gasteiger partial charge in [-0.05, 0) is 29.3 Å². The first-order valence-electron chi connectivity index (χ1n) is 7.20. The van der Waals surface area contributed by atoms with Gasteiger partial charge in [-0.2, -0.15) is 0 Å². The Bertz CT molecular complexity index is 1060. The van der Waals surface area contributed by atoms with Gasteiger partial charge in [0.15, 0.2) is 0 Å². The largest absolute Gasteiger partial charge is 1.00 e. The SMILES string of the molecule is COc1ccc(S(=O)(=O)[O-])cc1Cc1c(-c2ccccc2)ssc1=S.[Na+]. The van der Waals surface area contributed by atoms with Crippen molar-refractivity contribution in [1.29, 1.82) is 0 Å². The van der Waals surface area contributed by atoms with Crippen molar-refractivity contribution in [3.63, 3.8) is 0 Å². The van der Waals surface area contributed by atoms with Crippen molar-refractivity contribution in [3.8, 4) is 16.2 Å². The van der Waals surface area contributed by atoms with Gasteiger partial charge in [-0.15, -0.1) is 0 Å². The van der Waals surface area contributed by atoms with Gasteiger partial charge in [-0.3, -0.25) is 0 Å². The molecule has 26 heavy (non-hydrogen) atoms. The maximum absolute atomic E-state index is 11.3. The van der Waals surface area contributed by atoms with E-state index in [1.54, 1.807) is 10.3 Å². The van der Waals surface area contributed by atoms with E-state index in [0.717, 1.165) is 19.8 Å². The minimum atomic E-state index is -4.53. The van der Waals surface area contributed by atoms with Crippen LogP contribution in [-0.4, -0.2) is 20.1 Å². The van der Waals surface area contributed by atoms with Gasteiger partial charge in [0.25, 0.3) is 0 Å². The smallest absolute Gasteiger partial charge is 0.744 e. The van der Waals surface area contributed by atoms with Crippen molar-refractivity contribution in [2.45, 2.75) is 11.3 Å². The van der Waals surface area contributed by atoms with Crippen LogP contribution in [0.3, 0.4) is 0 Å². The summed E-state index contributed by atoms with van der Waals surface area (Å²) < 4.78 is 40.1. The summed E-state index contributed by atoms with van der Waals surface area (Å²) in [6.07, 6.45) is 0.398. The molecule has 0 aliphatic heterocycles. The second-order valence-corrected chi connectivity index (χ2v) is 9.43. The molecular formula is C17H13NaO4S4. The van der Waals surface area contributed by atoms with E-state index in [1.165, 1.54) is 35.6 Å². The van der Waals surface area contributed by atoms with E-state index in [-0.39, 0.29) is 34.5 Å². The van der Waals surface area contributed by atoms with Gasteiger partial charge < -0.3 is 9.29 Å². The molecule has 2 aromatic carbocycles. The molecule has 130 valence electrons. The molecule has 0 saturated carbocycles. The summed E-state index contributed by atoms with van der Waals surface area (Å²) >= 11 is 5.47. The van der Waals surface area contributed by atoms with E-state index in [4.69, 9.17) is 17.0 Å². The molecule has 0 fully saturated rings. The first kappa shape index (κ1) is 21.7. The van der Waals surface area contributed by atoms with Crippen molar-refractivity contribution in [3.05, 3.63) is 63.5 Å². The summed E-state index contributed by atoms with van der Waals surface area (Å²) in [5, 5.41) is 0. The van der Waals surface area contributed by atoms with Gasteiger partial charge in [-0.25, -0.2) is 8.42 Å². The van der Waals surface area contributed by atoms with Gasteiger partial charge in [-0.1, -0.05) is 63.2 Å². The molecule has 1 heterocycles. The predicted octanol–water partition coefficient (Wildman–Crippen LogP) is 1.71. The molecule has 0 spiro atoms. The van der Waals surface area contributed by atoms with Crippen LogP contribution in [-0.2, 0) is 16.5 Å². The van der Waals surface area contributed by atoms with Crippen LogP contribution < -0.4 is 34.3 Å². The first-order valence-corrected chi connectivity index (χ1v) is 11.2. The van der Waals surface area contributed by atoms with E-state index in [0.29, 0.717) is 17.7 Å². The van der Waals surface area contributed by atoms with Crippen LogP contribution in [0.1, 0.15) is 11.1 Å². The van der Waals surface area contributed by atoms with E-state index < -0.39 is 10.1 Å². The van der Waals surface area contributed by atoms with Crippen molar-refractivity contribution < 1.29 is 47.3 Å². The zero-order valence-corrected chi connectivity index (χ0v) is 19.4. The summed E-state index contributed by atoms with van der Waals surface area (Å²) in [6.45, 7) is 0. The van der Waals surface area contributed by atoms with E-state index in [2.05, 4.69) is 0 Å². The van der Waals surface area contributed by atoms with Crippen LogP contribution in [0.25, 0.3) is 10.4 Å². The maximum Gasteiger partial charge on any atom is 1.00 e. The van der Waals surface area contributed by atoms with Crippen molar-refractivity contribution in [2.24, 2.45) is 0 Å². The Labute approximate surface area is 186 Å². The monoisotopic (exact) mass is 432 g/mol. The summed E-state index contributed by atoms with van der Waals surface area (Å²) in [5.74, 6) is 0.525. The molecule has 0 aliphatic rings. The van der Waals surface area contributed by atoms with Crippen molar-refractivity contribution in [1.82, 2.24) is 0 Å². The molecule has 3 aromatic rings. The van der Waals surface area contributed by atoms with Gasteiger partial charge in [0.1, 0.15) is 19.7 Å². The van der Waals surface area contributed by atoms with Crippen LogP contribution in [0.5, 0.6) is 5.75 Å². The van der Waals surface area contributed by atoms with Crippen molar-refractivity contribution >= 4 is 43.0 Å². The minimum absolute atomic E-state index is 0. The fraction of sp³-hybridized carbons (Fsp3) is 0.118. The summed E-state index contributed by atoms with van der Waals surface area (Å²) in [4.78, 5) is 0.780. The molecule has 0 amide bonds. The number of methoxy groups -OCH3 is 1. The Morgan fingerprint density at radius 1 is 1.12 bits per heavy atom. The van der Waals surface area contributed by atoms with Crippen LogP contribution >= 0.6 is 32.9 Å². The van der Waals surface area contributed by atoms with Gasteiger partial charge in [0, 0.05) is 12.0 Å². The molecule has 0 N–H and O–H groups in total. The van der Waals surface area contributed by atoms with E-state index in [9.17, 15) is 13.0 Å². The van der Waals surface area contributed by atoms with E-state index >= 15 is 0 Å². The number of ether oxygens (including phenoxy) is 1. The zero-order chi connectivity index (χ0) is 18.0. The van der Waals surface area contributed by atoms with Gasteiger partial charge in [0.2, 0.25) is 0 Å². The first-order chi connectivity index (χ1) is 11.9. The molecule has 4 nitrogen and oxygen atoms in total.